The molecule has 0 fully saturated rings. The van der Waals surface area contributed by atoms with Crippen LogP contribution in [0.4, 0.5) is 0 Å². The zero-order valence-corrected chi connectivity index (χ0v) is 13.1. The van der Waals surface area contributed by atoms with Crippen LogP contribution in [0, 0.1) is 0 Å². The summed E-state index contributed by atoms with van der Waals surface area (Å²) in [5.41, 5.74) is 4.79. The Hall–Kier alpha value is -1.89. The summed E-state index contributed by atoms with van der Waals surface area (Å²) in [6.07, 6.45) is 1.94. The third-order valence-electron chi connectivity index (χ3n) is 3.16. The molecule has 0 aliphatic carbocycles. The number of carbonyl (C=O) groups excluding carboxylic acids is 1. The van der Waals surface area contributed by atoms with Gasteiger partial charge in [0.25, 0.3) is 0 Å². The molecule has 1 nitrogen and oxygen atoms in total. The van der Waals surface area contributed by atoms with Gasteiger partial charge in [-0.3, -0.25) is 6.29 Å². The molecule has 0 saturated carbocycles. The Labute approximate surface area is 136 Å². The minimum atomic E-state index is 0. The van der Waals surface area contributed by atoms with Crippen molar-refractivity contribution in [3.05, 3.63) is 83.9 Å². The van der Waals surface area contributed by atoms with Crippen LogP contribution in [0.3, 0.4) is 0 Å². The van der Waals surface area contributed by atoms with Crippen molar-refractivity contribution in [3.63, 3.8) is 0 Å². The van der Waals surface area contributed by atoms with Gasteiger partial charge in [-0.1, -0.05) is 30.2 Å². The van der Waals surface area contributed by atoms with Crippen molar-refractivity contribution in [2.24, 2.45) is 0 Å². The number of hydrogen-bond acceptors (Lipinski definition) is 1. The van der Waals surface area contributed by atoms with Crippen molar-refractivity contribution < 1.29 is 21.9 Å². The molecule has 0 saturated heterocycles. The van der Waals surface area contributed by atoms with Crippen molar-refractivity contribution >= 4 is 6.29 Å². The van der Waals surface area contributed by atoms with Crippen LogP contribution in [0.25, 0.3) is 11.1 Å². The van der Waals surface area contributed by atoms with Gasteiger partial charge < -0.3 is 34.6 Å². The van der Waals surface area contributed by atoms with Crippen molar-refractivity contribution in [2.75, 3.05) is 0 Å². The number of benzene rings is 1. The van der Waals surface area contributed by atoms with Gasteiger partial charge in [0.1, 0.15) is 0 Å². The maximum Gasteiger partial charge on any atom is 0 e. The Balaban J connectivity index is 0.000000236. The Morgan fingerprint density at radius 2 is 1.76 bits per heavy atom. The third-order valence-corrected chi connectivity index (χ3v) is 3.16. The van der Waals surface area contributed by atoms with Crippen molar-refractivity contribution in [2.45, 2.75) is 13.3 Å². The molecule has 0 N–H and O–H groups in total. The van der Waals surface area contributed by atoms with E-state index in [9.17, 15) is 4.79 Å². The number of aldehydes is 1. The van der Waals surface area contributed by atoms with Crippen LogP contribution >= 0.6 is 0 Å². The SMILES string of the molecule is CCc1cccc(-[c-]2cccc2)c1.O=C[c-]1[cH-][cH-][cH-][cH-]1.[Fe]. The molecule has 0 radical (unpaired) electrons. The van der Waals surface area contributed by atoms with Crippen LogP contribution in [0.1, 0.15) is 22.8 Å². The van der Waals surface area contributed by atoms with Crippen LogP contribution in [0.5, 0.6) is 0 Å². The first kappa shape index (κ1) is 17.2. The second-order valence-corrected chi connectivity index (χ2v) is 4.56. The zero-order chi connectivity index (χ0) is 14.2. The van der Waals surface area contributed by atoms with Crippen molar-refractivity contribution in [1.29, 1.82) is 0 Å². The van der Waals surface area contributed by atoms with E-state index in [2.05, 4.69) is 55.5 Å². The first-order chi connectivity index (χ1) is 9.83. The molecule has 3 aromatic rings. The van der Waals surface area contributed by atoms with E-state index in [1.807, 2.05) is 12.1 Å². The Morgan fingerprint density at radius 1 is 1.10 bits per heavy atom. The maximum atomic E-state index is 9.87. The molecule has 2 heteroatoms. The van der Waals surface area contributed by atoms with E-state index < -0.39 is 0 Å². The molecule has 0 heterocycles. The molecule has 21 heavy (non-hydrogen) atoms. The minimum absolute atomic E-state index is 0. The fourth-order valence-corrected chi connectivity index (χ4v) is 2.00. The van der Waals surface area contributed by atoms with Crippen LogP contribution in [-0.4, -0.2) is 6.29 Å². The number of carbonyl (C=O) groups is 1. The molecule has 0 aromatic heterocycles. The van der Waals surface area contributed by atoms with E-state index in [0.717, 1.165) is 18.3 Å². The number of rotatable bonds is 3. The molecule has 0 spiro atoms. The largest absolute Gasteiger partial charge is 0.721 e. The van der Waals surface area contributed by atoms with Gasteiger partial charge in [-0.15, -0.1) is 29.8 Å². The molecular formula is C19H18FeO-6. The predicted molar refractivity (Wildman–Crippen MR) is 84.3 cm³/mol. The first-order valence-electron chi connectivity index (χ1n) is 6.81. The van der Waals surface area contributed by atoms with E-state index in [4.69, 9.17) is 0 Å². The zero-order valence-electron chi connectivity index (χ0n) is 12.0. The van der Waals surface area contributed by atoms with Gasteiger partial charge in [0.2, 0.25) is 0 Å². The van der Waals surface area contributed by atoms with Gasteiger partial charge in [0.05, 0.1) is 0 Å². The van der Waals surface area contributed by atoms with E-state index in [-0.39, 0.29) is 17.1 Å². The molecule has 0 bridgehead atoms. The molecule has 114 valence electrons. The summed E-state index contributed by atoms with van der Waals surface area (Å²) in [5, 5.41) is 0. The van der Waals surface area contributed by atoms with E-state index in [1.54, 1.807) is 12.1 Å². The van der Waals surface area contributed by atoms with Crippen LogP contribution in [-0.2, 0) is 23.5 Å². The number of aryl methyl sites for hydroxylation is 1. The average molecular weight is 318 g/mol. The Bertz CT molecular complexity index is 621. The second kappa shape index (κ2) is 9.12. The predicted octanol–water partition coefficient (Wildman–Crippen LogP) is 4.85. The fourth-order valence-electron chi connectivity index (χ4n) is 2.00. The van der Waals surface area contributed by atoms with Crippen molar-refractivity contribution in [1.82, 2.24) is 0 Å². The second-order valence-electron chi connectivity index (χ2n) is 4.56. The summed E-state index contributed by atoms with van der Waals surface area (Å²) in [4.78, 5) is 9.87. The fraction of sp³-hybridized carbons (Fsp3) is 0.105. The minimum Gasteiger partial charge on any atom is -0.721 e. The molecule has 0 aliphatic rings. The normalized spacial score (nSPS) is 9.19. The third kappa shape index (κ3) is 5.18. The van der Waals surface area contributed by atoms with Gasteiger partial charge in [0.15, 0.2) is 0 Å². The molecule has 3 aromatic carbocycles. The van der Waals surface area contributed by atoms with Gasteiger partial charge in [-0.2, -0.15) is 12.1 Å². The van der Waals surface area contributed by atoms with Gasteiger partial charge in [-0.25, -0.2) is 0 Å². The summed E-state index contributed by atoms with van der Waals surface area (Å²) in [7, 11) is 0. The monoisotopic (exact) mass is 318 g/mol. The molecule has 0 amide bonds. The smallest absolute Gasteiger partial charge is 0 e. The average Bonchev–Trinajstić information content (AvgIpc) is 3.21. The molecule has 3 rings (SSSR count). The summed E-state index contributed by atoms with van der Waals surface area (Å²) in [5.74, 6) is 0. The van der Waals surface area contributed by atoms with E-state index in [0.29, 0.717) is 0 Å². The number of hydrogen-bond donors (Lipinski definition) is 0. The van der Waals surface area contributed by atoms with Crippen molar-refractivity contribution in [3.8, 4) is 11.1 Å². The topological polar surface area (TPSA) is 17.1 Å². The summed E-state index contributed by atoms with van der Waals surface area (Å²) in [6, 6.07) is 24.4. The Kier molecular flexibility index (Phi) is 7.45. The van der Waals surface area contributed by atoms with Gasteiger partial charge in [0, 0.05) is 17.1 Å². The van der Waals surface area contributed by atoms with E-state index >= 15 is 0 Å². The van der Waals surface area contributed by atoms with Gasteiger partial charge in [-0.05, 0) is 6.42 Å². The van der Waals surface area contributed by atoms with Crippen LogP contribution in [0.15, 0.2) is 72.8 Å². The summed E-state index contributed by atoms with van der Waals surface area (Å²) >= 11 is 0. The molecule has 0 atom stereocenters. The maximum absolute atomic E-state index is 9.87. The van der Waals surface area contributed by atoms with E-state index in [1.165, 1.54) is 16.7 Å². The standard InChI is InChI=1S/C13H13.C6H5O.Fe/c1-2-11-6-5-9-13(10-11)12-7-3-4-8-12;7-5-6-3-1-2-4-6;/h3-10H,2H2,1H3;1-5H;/q-1;-5;. The molecule has 0 aliphatic heterocycles. The molecule has 0 unspecified atom stereocenters. The quantitative estimate of drug-likeness (QED) is 0.383. The van der Waals surface area contributed by atoms with Crippen LogP contribution < -0.4 is 0 Å². The molecular weight excluding hydrogens is 300 g/mol. The summed E-state index contributed by atoms with van der Waals surface area (Å²) < 4.78 is 0. The van der Waals surface area contributed by atoms with Gasteiger partial charge >= 0.3 is 0 Å². The van der Waals surface area contributed by atoms with Crippen LogP contribution in [0.2, 0.25) is 0 Å². The Morgan fingerprint density at radius 3 is 2.29 bits per heavy atom. The first-order valence-corrected chi connectivity index (χ1v) is 6.81. The summed E-state index contributed by atoms with van der Waals surface area (Å²) in [6.45, 7) is 2.18.